The molecule has 0 fully saturated rings. The minimum atomic E-state index is -0.00850. The largest absolute Gasteiger partial charge is 0.497 e. The van der Waals surface area contributed by atoms with E-state index in [1.54, 1.807) is 7.11 Å². The fraction of sp³-hybridized carbons (Fsp3) is 0.357. The number of carbonyl (C=O) groups excluding carboxylic acids is 1. The second-order valence-electron chi connectivity index (χ2n) is 4.00. The SMILES string of the molecule is COc1ccc(C#CC(=O)CC(C)C)cc1. The summed E-state index contributed by atoms with van der Waals surface area (Å²) in [6.45, 7) is 4.01. The van der Waals surface area contributed by atoms with Crippen LogP contribution in [0.4, 0.5) is 0 Å². The molecule has 0 bridgehead atoms. The van der Waals surface area contributed by atoms with Gasteiger partial charge in [0.25, 0.3) is 0 Å². The predicted octanol–water partition coefficient (Wildman–Crippen LogP) is 2.66. The lowest BCUT2D eigenvalue weighted by atomic mass is 10.1. The summed E-state index contributed by atoms with van der Waals surface area (Å²) in [7, 11) is 1.62. The van der Waals surface area contributed by atoms with Gasteiger partial charge in [-0.25, -0.2) is 0 Å². The first-order chi connectivity index (χ1) is 7.61. The summed E-state index contributed by atoms with van der Waals surface area (Å²) < 4.78 is 5.03. The first-order valence-corrected chi connectivity index (χ1v) is 5.30. The second-order valence-corrected chi connectivity index (χ2v) is 4.00. The number of benzene rings is 1. The van der Waals surface area contributed by atoms with Crippen LogP contribution in [0.2, 0.25) is 0 Å². The summed E-state index contributed by atoms with van der Waals surface area (Å²) in [4.78, 5) is 11.4. The number of ether oxygens (including phenoxy) is 1. The molecule has 0 unspecified atom stereocenters. The summed E-state index contributed by atoms with van der Waals surface area (Å²) in [5.74, 6) is 6.63. The lowest BCUT2D eigenvalue weighted by molar-refractivity contribution is -0.114. The van der Waals surface area contributed by atoms with Crippen molar-refractivity contribution >= 4 is 5.78 Å². The standard InChI is InChI=1S/C14H16O2/c1-11(2)10-13(15)7-4-12-5-8-14(16-3)9-6-12/h5-6,8-9,11H,10H2,1-3H3. The van der Waals surface area contributed by atoms with Crippen molar-refractivity contribution in [2.24, 2.45) is 5.92 Å². The van der Waals surface area contributed by atoms with Crippen LogP contribution < -0.4 is 4.74 Å². The molecule has 16 heavy (non-hydrogen) atoms. The summed E-state index contributed by atoms with van der Waals surface area (Å²) >= 11 is 0. The molecule has 2 heteroatoms. The summed E-state index contributed by atoms with van der Waals surface area (Å²) in [6, 6.07) is 7.34. The number of rotatable bonds is 3. The molecule has 1 aromatic carbocycles. The van der Waals surface area contributed by atoms with Gasteiger partial charge in [-0.1, -0.05) is 19.8 Å². The van der Waals surface area contributed by atoms with Gasteiger partial charge in [0.15, 0.2) is 0 Å². The number of Topliss-reactive ketones (excluding diaryl/α,β-unsaturated/α-hetero) is 1. The van der Waals surface area contributed by atoms with Crippen molar-refractivity contribution in [2.45, 2.75) is 20.3 Å². The molecule has 0 N–H and O–H groups in total. The number of hydrogen-bond donors (Lipinski definition) is 0. The maximum atomic E-state index is 11.4. The average Bonchev–Trinajstić information content (AvgIpc) is 2.26. The van der Waals surface area contributed by atoms with Crippen molar-refractivity contribution in [1.29, 1.82) is 0 Å². The van der Waals surface area contributed by atoms with Crippen LogP contribution in [-0.4, -0.2) is 12.9 Å². The van der Waals surface area contributed by atoms with Gasteiger partial charge in [-0.2, -0.15) is 0 Å². The normalized spacial score (nSPS) is 9.50. The molecule has 1 rings (SSSR count). The highest BCUT2D eigenvalue weighted by atomic mass is 16.5. The fourth-order valence-corrected chi connectivity index (χ4v) is 1.24. The van der Waals surface area contributed by atoms with Gasteiger partial charge in [-0.05, 0) is 36.1 Å². The van der Waals surface area contributed by atoms with Crippen molar-refractivity contribution < 1.29 is 9.53 Å². The topological polar surface area (TPSA) is 26.3 Å². The van der Waals surface area contributed by atoms with Crippen LogP contribution in [0.5, 0.6) is 5.75 Å². The molecule has 84 valence electrons. The van der Waals surface area contributed by atoms with Crippen molar-refractivity contribution in [1.82, 2.24) is 0 Å². The van der Waals surface area contributed by atoms with Crippen LogP contribution in [-0.2, 0) is 4.79 Å². The Morgan fingerprint density at radius 2 is 1.94 bits per heavy atom. The third-order valence-electron chi connectivity index (χ3n) is 2.03. The van der Waals surface area contributed by atoms with Gasteiger partial charge in [-0.15, -0.1) is 0 Å². The van der Waals surface area contributed by atoms with Crippen LogP contribution in [0.25, 0.3) is 0 Å². The summed E-state index contributed by atoms with van der Waals surface area (Å²) in [5.41, 5.74) is 0.831. The molecule has 0 aliphatic carbocycles. The van der Waals surface area contributed by atoms with Crippen LogP contribution in [0.3, 0.4) is 0 Å². The Bertz CT molecular complexity index is 405. The molecular weight excluding hydrogens is 200 g/mol. The highest BCUT2D eigenvalue weighted by Gasteiger charge is 2.00. The van der Waals surface area contributed by atoms with Crippen LogP contribution in [0.1, 0.15) is 25.8 Å². The van der Waals surface area contributed by atoms with Gasteiger partial charge in [0.05, 0.1) is 7.11 Å². The van der Waals surface area contributed by atoms with E-state index in [1.165, 1.54) is 0 Å². The minimum absolute atomic E-state index is 0.00850. The Balaban J connectivity index is 2.65. The maximum absolute atomic E-state index is 11.4. The highest BCUT2D eigenvalue weighted by molar-refractivity contribution is 5.96. The molecule has 0 heterocycles. The summed E-state index contributed by atoms with van der Waals surface area (Å²) in [6.07, 6.45) is 0.517. The predicted molar refractivity (Wildman–Crippen MR) is 64.3 cm³/mol. The van der Waals surface area contributed by atoms with E-state index in [2.05, 4.69) is 11.8 Å². The van der Waals surface area contributed by atoms with Crippen molar-refractivity contribution in [3.8, 4) is 17.6 Å². The molecule has 2 nitrogen and oxygen atoms in total. The molecule has 1 aromatic rings. The van der Waals surface area contributed by atoms with E-state index in [0.717, 1.165) is 11.3 Å². The van der Waals surface area contributed by atoms with Crippen LogP contribution in [0.15, 0.2) is 24.3 Å². The van der Waals surface area contributed by atoms with Crippen LogP contribution in [0, 0.1) is 17.8 Å². The van der Waals surface area contributed by atoms with Gasteiger partial charge < -0.3 is 4.74 Å². The lowest BCUT2D eigenvalue weighted by Gasteiger charge is -1.98. The second kappa shape index (κ2) is 5.97. The minimum Gasteiger partial charge on any atom is -0.497 e. The number of ketones is 1. The van der Waals surface area contributed by atoms with Crippen molar-refractivity contribution in [3.05, 3.63) is 29.8 Å². The zero-order chi connectivity index (χ0) is 12.0. The van der Waals surface area contributed by atoms with Crippen LogP contribution >= 0.6 is 0 Å². The van der Waals surface area contributed by atoms with Gasteiger partial charge >= 0.3 is 0 Å². The third-order valence-corrected chi connectivity index (χ3v) is 2.03. The molecule has 0 saturated carbocycles. The molecular formula is C14H16O2. The van der Waals surface area contributed by atoms with E-state index in [0.29, 0.717) is 12.3 Å². The molecule has 0 amide bonds. The van der Waals surface area contributed by atoms with E-state index in [4.69, 9.17) is 4.74 Å². The van der Waals surface area contributed by atoms with Gasteiger partial charge in [0.2, 0.25) is 5.78 Å². The van der Waals surface area contributed by atoms with E-state index in [1.807, 2.05) is 38.1 Å². The molecule has 0 aliphatic heterocycles. The summed E-state index contributed by atoms with van der Waals surface area (Å²) in [5, 5.41) is 0. The van der Waals surface area contributed by atoms with E-state index < -0.39 is 0 Å². The van der Waals surface area contributed by atoms with E-state index in [-0.39, 0.29) is 5.78 Å². The Morgan fingerprint density at radius 3 is 2.44 bits per heavy atom. The smallest absolute Gasteiger partial charge is 0.206 e. The monoisotopic (exact) mass is 216 g/mol. The molecule has 0 saturated heterocycles. The maximum Gasteiger partial charge on any atom is 0.206 e. The highest BCUT2D eigenvalue weighted by Crippen LogP contribution is 2.10. The zero-order valence-corrected chi connectivity index (χ0v) is 9.91. The quantitative estimate of drug-likeness (QED) is 0.726. The van der Waals surface area contributed by atoms with Gasteiger partial charge in [0, 0.05) is 12.0 Å². The lowest BCUT2D eigenvalue weighted by Crippen LogP contribution is -1.98. The molecule has 0 spiro atoms. The van der Waals surface area contributed by atoms with Gasteiger partial charge in [-0.3, -0.25) is 4.79 Å². The van der Waals surface area contributed by atoms with E-state index >= 15 is 0 Å². The first kappa shape index (κ1) is 12.3. The number of carbonyl (C=O) groups is 1. The average molecular weight is 216 g/mol. The number of hydrogen-bond acceptors (Lipinski definition) is 2. The first-order valence-electron chi connectivity index (χ1n) is 5.30. The van der Waals surface area contributed by atoms with Gasteiger partial charge in [0.1, 0.15) is 5.75 Å². The molecule has 0 aliphatic rings. The Morgan fingerprint density at radius 1 is 1.31 bits per heavy atom. The Hall–Kier alpha value is -1.75. The fourth-order valence-electron chi connectivity index (χ4n) is 1.24. The van der Waals surface area contributed by atoms with E-state index in [9.17, 15) is 4.79 Å². The number of methoxy groups -OCH3 is 1. The third kappa shape index (κ3) is 4.18. The Kier molecular flexibility index (Phi) is 4.60. The van der Waals surface area contributed by atoms with Crippen molar-refractivity contribution in [2.75, 3.05) is 7.11 Å². The van der Waals surface area contributed by atoms with Crippen molar-refractivity contribution in [3.63, 3.8) is 0 Å². The molecule has 0 radical (unpaired) electrons. The molecule has 0 aromatic heterocycles. The zero-order valence-electron chi connectivity index (χ0n) is 9.91. The molecule has 0 atom stereocenters. The Labute approximate surface area is 96.6 Å².